The number of amides is 1. The number of allylic oxidation sites excluding steroid dienone is 1. The van der Waals surface area contributed by atoms with E-state index in [0.29, 0.717) is 12.6 Å². The molecule has 0 aromatic heterocycles. The minimum absolute atomic E-state index is 0.250. The molecule has 0 spiro atoms. The van der Waals surface area contributed by atoms with Crippen LogP contribution in [0.5, 0.6) is 0 Å². The molecular formula is C13H24N2O4. The van der Waals surface area contributed by atoms with Crippen LogP contribution in [0.4, 0.5) is 4.79 Å². The molecule has 2 unspecified atom stereocenters. The molecule has 5 N–H and O–H groups in total. The number of fused-ring (bicyclic) bond motifs is 1. The highest BCUT2D eigenvalue weighted by Crippen LogP contribution is 2.50. The summed E-state index contributed by atoms with van der Waals surface area (Å²) in [5.74, 6) is 2.13. The average molecular weight is 272 g/mol. The second-order valence-electron chi connectivity index (χ2n) is 4.68. The number of nitrogens with one attached hydrogen (secondary N) is 1. The van der Waals surface area contributed by atoms with Crippen LogP contribution in [0.3, 0.4) is 0 Å². The number of nitrogens with two attached hydrogens (primary N) is 1. The first kappa shape index (κ1) is 17.4. The van der Waals surface area contributed by atoms with E-state index in [-0.39, 0.29) is 6.47 Å². The van der Waals surface area contributed by atoms with Gasteiger partial charge in [-0.3, -0.25) is 4.79 Å². The molecule has 6 nitrogen and oxygen atoms in total. The molecule has 0 aromatic rings. The predicted octanol–water partition coefficient (Wildman–Crippen LogP) is 1.66. The van der Waals surface area contributed by atoms with Crippen LogP contribution >= 0.6 is 0 Å². The van der Waals surface area contributed by atoms with Crippen LogP contribution < -0.4 is 11.1 Å². The Bertz CT molecular complexity index is 284. The van der Waals surface area contributed by atoms with E-state index in [1.165, 1.54) is 19.3 Å². The van der Waals surface area contributed by atoms with Crippen LogP contribution in [-0.2, 0) is 4.79 Å². The lowest BCUT2D eigenvalue weighted by molar-refractivity contribution is -0.122. The van der Waals surface area contributed by atoms with Crippen LogP contribution in [0.15, 0.2) is 12.2 Å². The molecule has 2 aliphatic carbocycles. The molecule has 1 amide bonds. The van der Waals surface area contributed by atoms with Gasteiger partial charge in [0, 0.05) is 12.6 Å². The Morgan fingerprint density at radius 3 is 2.21 bits per heavy atom. The highest BCUT2D eigenvalue weighted by molar-refractivity contribution is 5.64. The molecule has 0 heterocycles. The zero-order valence-electron chi connectivity index (χ0n) is 11.3. The maximum Gasteiger partial charge on any atom is 0.404 e. The van der Waals surface area contributed by atoms with E-state index in [0.717, 1.165) is 18.3 Å². The van der Waals surface area contributed by atoms with Crippen LogP contribution in [0.2, 0.25) is 0 Å². The number of carboxylic acid groups (broad SMARTS) is 2. The van der Waals surface area contributed by atoms with E-state index in [9.17, 15) is 4.79 Å². The lowest BCUT2D eigenvalue weighted by Gasteiger charge is -1.99. The molecule has 2 aliphatic rings. The third-order valence-electron chi connectivity index (χ3n) is 3.10. The van der Waals surface area contributed by atoms with Gasteiger partial charge in [-0.1, -0.05) is 12.2 Å². The summed E-state index contributed by atoms with van der Waals surface area (Å²) in [6.45, 7) is 2.15. The summed E-state index contributed by atoms with van der Waals surface area (Å²) in [5.41, 5.74) is 5.66. The van der Waals surface area contributed by atoms with Crippen LogP contribution in [-0.4, -0.2) is 35.4 Å². The minimum Gasteiger partial charge on any atom is -0.483 e. The summed E-state index contributed by atoms with van der Waals surface area (Å²) in [6.07, 6.45) is 7.75. The van der Waals surface area contributed by atoms with Crippen molar-refractivity contribution in [1.82, 2.24) is 5.32 Å². The Balaban J connectivity index is 0.000000286. The second-order valence-corrected chi connectivity index (χ2v) is 4.68. The monoisotopic (exact) mass is 272 g/mol. The molecule has 6 heteroatoms. The van der Waals surface area contributed by atoms with Gasteiger partial charge in [0.15, 0.2) is 0 Å². The van der Waals surface area contributed by atoms with Gasteiger partial charge in [-0.25, -0.2) is 4.79 Å². The standard InChI is InChI=1S/C6H11NO2.C6H11N.CH2O2/c1-2-3-4-5-7-6(8)9;7-6-2-4-1-5(4)3-6;2-1-3/h2-3,7H,4-5H2,1H3,(H,8,9);4-6H,1-3,7H2;1H,(H,2,3). The van der Waals surface area contributed by atoms with Crippen molar-refractivity contribution in [2.45, 2.75) is 38.6 Å². The lowest BCUT2D eigenvalue weighted by atomic mass is 10.2. The third kappa shape index (κ3) is 10.1. The molecule has 2 saturated carbocycles. The van der Waals surface area contributed by atoms with Crippen molar-refractivity contribution in [3.63, 3.8) is 0 Å². The van der Waals surface area contributed by atoms with E-state index in [1.807, 2.05) is 19.1 Å². The van der Waals surface area contributed by atoms with E-state index in [1.54, 1.807) is 0 Å². The predicted molar refractivity (Wildman–Crippen MR) is 73.0 cm³/mol. The lowest BCUT2D eigenvalue weighted by Crippen LogP contribution is -2.21. The Kier molecular flexibility index (Phi) is 9.52. The Labute approximate surface area is 113 Å². The topological polar surface area (TPSA) is 113 Å². The normalized spacial score (nSPS) is 26.3. The van der Waals surface area contributed by atoms with Crippen molar-refractivity contribution in [3.8, 4) is 0 Å². The zero-order chi connectivity index (χ0) is 14.7. The van der Waals surface area contributed by atoms with Crippen molar-refractivity contribution in [3.05, 3.63) is 12.2 Å². The fraction of sp³-hybridized carbons (Fsp3) is 0.692. The quantitative estimate of drug-likeness (QED) is 0.354. The van der Waals surface area contributed by atoms with Gasteiger partial charge in [-0.15, -0.1) is 0 Å². The van der Waals surface area contributed by atoms with E-state index in [4.69, 9.17) is 20.7 Å². The van der Waals surface area contributed by atoms with Crippen molar-refractivity contribution in [1.29, 1.82) is 0 Å². The summed E-state index contributed by atoms with van der Waals surface area (Å²) in [5, 5.41) is 17.2. The first-order chi connectivity index (χ1) is 9.04. The summed E-state index contributed by atoms with van der Waals surface area (Å²) in [4.78, 5) is 18.2. The summed E-state index contributed by atoms with van der Waals surface area (Å²) in [6, 6.07) is 0.573. The zero-order valence-corrected chi connectivity index (χ0v) is 11.3. The second kappa shape index (κ2) is 10.4. The van der Waals surface area contributed by atoms with Crippen molar-refractivity contribution >= 4 is 12.6 Å². The molecule has 0 aromatic carbocycles. The van der Waals surface area contributed by atoms with E-state index in [2.05, 4.69) is 5.32 Å². The number of carbonyl (C=O) groups is 2. The maximum atomic E-state index is 9.83. The van der Waals surface area contributed by atoms with Crippen molar-refractivity contribution in [2.24, 2.45) is 17.6 Å². The molecule has 110 valence electrons. The van der Waals surface area contributed by atoms with Crippen LogP contribution in [0, 0.1) is 11.8 Å². The summed E-state index contributed by atoms with van der Waals surface area (Å²) >= 11 is 0. The molecule has 19 heavy (non-hydrogen) atoms. The van der Waals surface area contributed by atoms with Crippen LogP contribution in [0.25, 0.3) is 0 Å². The minimum atomic E-state index is -0.959. The molecule has 2 fully saturated rings. The van der Waals surface area contributed by atoms with E-state index >= 15 is 0 Å². The van der Waals surface area contributed by atoms with Crippen molar-refractivity contribution < 1.29 is 19.8 Å². The van der Waals surface area contributed by atoms with Gasteiger partial charge in [-0.05, 0) is 44.4 Å². The fourth-order valence-electron chi connectivity index (χ4n) is 2.19. The van der Waals surface area contributed by atoms with Gasteiger partial charge in [0.1, 0.15) is 0 Å². The molecular weight excluding hydrogens is 248 g/mol. The summed E-state index contributed by atoms with van der Waals surface area (Å²) in [7, 11) is 0. The Morgan fingerprint density at radius 1 is 1.37 bits per heavy atom. The Hall–Kier alpha value is -1.56. The molecule has 0 aliphatic heterocycles. The number of hydrogen-bond donors (Lipinski definition) is 4. The molecule has 2 atom stereocenters. The molecule has 0 saturated heterocycles. The smallest absolute Gasteiger partial charge is 0.404 e. The van der Waals surface area contributed by atoms with E-state index < -0.39 is 6.09 Å². The molecule has 2 rings (SSSR count). The largest absolute Gasteiger partial charge is 0.483 e. The van der Waals surface area contributed by atoms with Gasteiger partial charge >= 0.3 is 6.09 Å². The van der Waals surface area contributed by atoms with Crippen molar-refractivity contribution in [2.75, 3.05) is 6.54 Å². The first-order valence-electron chi connectivity index (χ1n) is 6.46. The van der Waals surface area contributed by atoms with Gasteiger partial charge in [0.05, 0.1) is 0 Å². The van der Waals surface area contributed by atoms with Gasteiger partial charge in [-0.2, -0.15) is 0 Å². The Morgan fingerprint density at radius 2 is 1.89 bits per heavy atom. The number of rotatable bonds is 3. The first-order valence-corrected chi connectivity index (χ1v) is 6.46. The average Bonchev–Trinajstić information content (AvgIpc) is 2.95. The summed E-state index contributed by atoms with van der Waals surface area (Å²) < 4.78 is 0. The van der Waals surface area contributed by atoms with Gasteiger partial charge in [0.25, 0.3) is 6.47 Å². The number of hydrogen-bond acceptors (Lipinski definition) is 3. The maximum absolute atomic E-state index is 9.83. The highest BCUT2D eigenvalue weighted by Gasteiger charge is 2.44. The highest BCUT2D eigenvalue weighted by atomic mass is 16.4. The van der Waals surface area contributed by atoms with Crippen LogP contribution in [0.1, 0.15) is 32.6 Å². The molecule has 0 bridgehead atoms. The molecule has 0 radical (unpaired) electrons. The third-order valence-corrected chi connectivity index (χ3v) is 3.10. The van der Waals surface area contributed by atoms with Gasteiger partial charge < -0.3 is 21.3 Å². The fourth-order valence-corrected chi connectivity index (χ4v) is 2.19. The van der Waals surface area contributed by atoms with Gasteiger partial charge in [0.2, 0.25) is 0 Å². The SMILES string of the molecule is CC=CCCNC(=O)O.NC1CC2CC2C1.O=CO.